The van der Waals surface area contributed by atoms with Gasteiger partial charge in [0.1, 0.15) is 0 Å². The Morgan fingerprint density at radius 3 is 2.96 bits per heavy atom. The quantitative estimate of drug-likeness (QED) is 0.319. The van der Waals surface area contributed by atoms with Crippen LogP contribution in [0.25, 0.3) is 0 Å². The molecule has 8 nitrogen and oxygen atoms in total. The van der Waals surface area contributed by atoms with Crippen LogP contribution in [0.5, 0.6) is 0 Å². The fraction of sp³-hybridized carbons (Fsp3) is 0.308. The molecule has 0 saturated heterocycles. The van der Waals surface area contributed by atoms with E-state index in [2.05, 4.69) is 15.5 Å². The Balaban J connectivity index is 1.76. The van der Waals surface area contributed by atoms with Crippen molar-refractivity contribution < 1.29 is 9.72 Å². The minimum Gasteiger partial charge on any atom is -0.345 e. The number of carbonyl (C=O) groups is 1. The highest BCUT2D eigenvalue weighted by atomic mass is 127. The van der Waals surface area contributed by atoms with Gasteiger partial charge in [-0.3, -0.25) is 24.6 Å². The van der Waals surface area contributed by atoms with Crippen molar-refractivity contribution >= 4 is 46.4 Å². The molecule has 0 unspecified atom stereocenters. The summed E-state index contributed by atoms with van der Waals surface area (Å²) in [5.74, 6) is 0.278. The molecule has 0 radical (unpaired) electrons. The topological polar surface area (TPSA) is 106 Å². The van der Waals surface area contributed by atoms with Crippen LogP contribution in [-0.2, 0) is 6.54 Å². The number of nitrogens with zero attached hydrogens (tertiary/aromatic N) is 3. The van der Waals surface area contributed by atoms with E-state index in [1.54, 1.807) is 6.07 Å². The second-order valence-corrected chi connectivity index (χ2v) is 6.70. The van der Waals surface area contributed by atoms with Crippen molar-refractivity contribution in [2.24, 2.45) is 0 Å². The standard InChI is InChI=1S/C13H12IN5O3S/c14-10-4-3-8(19(21)22)5-9(10)12(20)15-6-11-16-17-13(23)18(11)7-1-2-7/h3-5,7H,1-2,6H2,(H,15,20)(H,17,23). The summed E-state index contributed by atoms with van der Waals surface area (Å²) in [7, 11) is 0. The second kappa shape index (κ2) is 6.35. The summed E-state index contributed by atoms with van der Waals surface area (Å²) < 4.78 is 3.10. The molecule has 0 atom stereocenters. The molecule has 23 heavy (non-hydrogen) atoms. The zero-order chi connectivity index (χ0) is 16.6. The summed E-state index contributed by atoms with van der Waals surface area (Å²) in [6, 6.07) is 4.55. The molecular weight excluding hydrogens is 433 g/mol. The Morgan fingerprint density at radius 2 is 2.30 bits per heavy atom. The summed E-state index contributed by atoms with van der Waals surface area (Å²) in [6.07, 6.45) is 2.11. The number of nitrogens with one attached hydrogen (secondary N) is 2. The number of benzene rings is 1. The van der Waals surface area contributed by atoms with Crippen LogP contribution < -0.4 is 5.32 Å². The Kier molecular flexibility index (Phi) is 4.43. The van der Waals surface area contributed by atoms with Gasteiger partial charge in [0.2, 0.25) is 0 Å². The van der Waals surface area contributed by atoms with Gasteiger partial charge in [0, 0.05) is 21.7 Å². The van der Waals surface area contributed by atoms with E-state index < -0.39 is 4.92 Å². The maximum Gasteiger partial charge on any atom is 0.270 e. The van der Waals surface area contributed by atoms with Crippen LogP contribution in [0, 0.1) is 18.5 Å². The molecule has 1 aliphatic carbocycles. The van der Waals surface area contributed by atoms with E-state index in [0.717, 1.165) is 12.8 Å². The first kappa shape index (κ1) is 16.1. The summed E-state index contributed by atoms with van der Waals surface area (Å²) in [6.45, 7) is 0.210. The number of hydrogen-bond donors (Lipinski definition) is 2. The molecule has 2 aromatic rings. The lowest BCUT2D eigenvalue weighted by molar-refractivity contribution is -0.384. The average molecular weight is 445 g/mol. The number of amides is 1. The van der Waals surface area contributed by atoms with Gasteiger partial charge in [0.25, 0.3) is 11.6 Å². The number of aromatic nitrogens is 3. The van der Waals surface area contributed by atoms with E-state index in [1.807, 2.05) is 27.2 Å². The van der Waals surface area contributed by atoms with Crippen LogP contribution in [0.15, 0.2) is 18.2 Å². The summed E-state index contributed by atoms with van der Waals surface area (Å²) in [5.41, 5.74) is 0.156. The van der Waals surface area contributed by atoms with Crippen molar-refractivity contribution in [1.29, 1.82) is 0 Å². The lowest BCUT2D eigenvalue weighted by Gasteiger charge is -2.08. The Bertz CT molecular complexity index is 842. The first-order chi connectivity index (χ1) is 11.0. The van der Waals surface area contributed by atoms with Crippen LogP contribution in [0.2, 0.25) is 0 Å². The zero-order valence-corrected chi connectivity index (χ0v) is 14.8. The summed E-state index contributed by atoms with van der Waals surface area (Å²) in [4.78, 5) is 22.6. The SMILES string of the molecule is O=C(NCc1n[nH]c(=S)n1C1CC1)c1cc([N+](=O)[O-])ccc1I. The van der Waals surface area contributed by atoms with Crippen molar-refractivity contribution in [3.05, 3.63) is 48.0 Å². The Labute approximate surface area is 149 Å². The molecular formula is C13H12IN5O3S. The molecule has 0 aliphatic heterocycles. The summed E-state index contributed by atoms with van der Waals surface area (Å²) >= 11 is 7.16. The van der Waals surface area contributed by atoms with Crippen LogP contribution in [0.3, 0.4) is 0 Å². The lowest BCUT2D eigenvalue weighted by Crippen LogP contribution is -2.25. The van der Waals surface area contributed by atoms with Crippen molar-refractivity contribution in [3.63, 3.8) is 0 Å². The van der Waals surface area contributed by atoms with Gasteiger partial charge in [0.15, 0.2) is 10.6 Å². The fourth-order valence-electron chi connectivity index (χ4n) is 2.23. The molecule has 1 amide bonds. The minimum absolute atomic E-state index is 0.115. The van der Waals surface area contributed by atoms with E-state index in [0.29, 0.717) is 20.2 Å². The molecule has 1 aliphatic rings. The van der Waals surface area contributed by atoms with E-state index >= 15 is 0 Å². The molecule has 3 rings (SSSR count). The molecule has 0 bridgehead atoms. The highest BCUT2D eigenvalue weighted by Gasteiger charge is 2.27. The first-order valence-electron chi connectivity index (χ1n) is 6.85. The van der Waals surface area contributed by atoms with E-state index in [1.165, 1.54) is 12.1 Å². The van der Waals surface area contributed by atoms with Gasteiger partial charge < -0.3 is 5.32 Å². The van der Waals surface area contributed by atoms with Gasteiger partial charge in [-0.05, 0) is 53.7 Å². The van der Waals surface area contributed by atoms with Crippen LogP contribution in [-0.4, -0.2) is 25.6 Å². The van der Waals surface area contributed by atoms with Gasteiger partial charge in [-0.1, -0.05) is 0 Å². The molecule has 1 aromatic heterocycles. The smallest absolute Gasteiger partial charge is 0.270 e. The monoisotopic (exact) mass is 445 g/mol. The number of nitro groups is 1. The molecule has 2 N–H and O–H groups in total. The van der Waals surface area contributed by atoms with Crippen molar-refractivity contribution in [1.82, 2.24) is 20.1 Å². The van der Waals surface area contributed by atoms with Crippen LogP contribution >= 0.6 is 34.8 Å². The highest BCUT2D eigenvalue weighted by Crippen LogP contribution is 2.35. The maximum atomic E-state index is 12.3. The second-order valence-electron chi connectivity index (χ2n) is 5.15. The molecule has 1 heterocycles. The van der Waals surface area contributed by atoms with Crippen molar-refractivity contribution in [2.45, 2.75) is 25.4 Å². The number of halogens is 1. The van der Waals surface area contributed by atoms with E-state index in [9.17, 15) is 14.9 Å². The fourth-order valence-corrected chi connectivity index (χ4v) is 3.11. The largest absolute Gasteiger partial charge is 0.345 e. The third kappa shape index (κ3) is 3.42. The Morgan fingerprint density at radius 1 is 1.57 bits per heavy atom. The van der Waals surface area contributed by atoms with Crippen molar-refractivity contribution in [2.75, 3.05) is 0 Å². The van der Waals surface area contributed by atoms with Gasteiger partial charge >= 0.3 is 0 Å². The Hall–Kier alpha value is -1.82. The zero-order valence-electron chi connectivity index (χ0n) is 11.8. The number of rotatable bonds is 5. The number of carbonyl (C=O) groups excluding carboxylic acids is 1. The van der Waals surface area contributed by atoms with Gasteiger partial charge in [-0.25, -0.2) is 0 Å². The molecule has 10 heteroatoms. The molecule has 1 fully saturated rings. The molecule has 0 spiro atoms. The molecule has 120 valence electrons. The van der Waals surface area contributed by atoms with Gasteiger partial charge in [-0.2, -0.15) is 5.10 Å². The van der Waals surface area contributed by atoms with Gasteiger partial charge in [-0.15, -0.1) is 0 Å². The van der Waals surface area contributed by atoms with E-state index in [4.69, 9.17) is 12.2 Å². The number of hydrogen-bond acceptors (Lipinski definition) is 5. The van der Waals surface area contributed by atoms with Gasteiger partial charge in [0.05, 0.1) is 17.0 Å². The number of aromatic amines is 1. The normalized spacial score (nSPS) is 13.8. The van der Waals surface area contributed by atoms with Crippen LogP contribution in [0.1, 0.15) is 35.1 Å². The predicted octanol–water partition coefficient (Wildman–Crippen LogP) is 2.72. The number of non-ortho nitro benzene ring substituents is 1. The third-order valence-electron chi connectivity index (χ3n) is 3.50. The predicted molar refractivity (Wildman–Crippen MR) is 92.7 cm³/mol. The third-order valence-corrected chi connectivity index (χ3v) is 4.73. The first-order valence-corrected chi connectivity index (χ1v) is 8.34. The van der Waals surface area contributed by atoms with E-state index in [-0.39, 0.29) is 23.7 Å². The molecule has 1 saturated carbocycles. The van der Waals surface area contributed by atoms with Crippen LogP contribution in [0.4, 0.5) is 5.69 Å². The number of nitro benzene ring substituents is 1. The molecule has 1 aromatic carbocycles. The maximum absolute atomic E-state index is 12.3. The minimum atomic E-state index is -0.523. The summed E-state index contributed by atoms with van der Waals surface area (Å²) in [5, 5.41) is 20.4. The highest BCUT2D eigenvalue weighted by molar-refractivity contribution is 14.1. The average Bonchev–Trinajstić information content (AvgIpc) is 3.28. The lowest BCUT2D eigenvalue weighted by atomic mass is 10.2. The van der Waals surface area contributed by atoms with Crippen molar-refractivity contribution in [3.8, 4) is 0 Å². The number of H-pyrrole nitrogens is 1.